The van der Waals surface area contributed by atoms with Gasteiger partial charge in [-0.2, -0.15) is 5.10 Å². The number of piperidine rings is 1. The van der Waals surface area contributed by atoms with Crippen LogP contribution in [0.15, 0.2) is 47.5 Å². The Morgan fingerprint density at radius 1 is 1.21 bits per heavy atom. The van der Waals surface area contributed by atoms with Gasteiger partial charge in [0.1, 0.15) is 0 Å². The van der Waals surface area contributed by atoms with Crippen molar-refractivity contribution in [1.82, 2.24) is 28.5 Å². The van der Waals surface area contributed by atoms with Crippen LogP contribution >= 0.6 is 0 Å². The van der Waals surface area contributed by atoms with Gasteiger partial charge < -0.3 is 4.98 Å². The summed E-state index contributed by atoms with van der Waals surface area (Å²) in [6.07, 6.45) is 6.25. The number of fused-ring (bicyclic) bond motifs is 2. The Morgan fingerprint density at radius 3 is 2.90 bits per heavy atom. The molecule has 1 fully saturated rings. The van der Waals surface area contributed by atoms with Crippen LogP contribution in [0.4, 0.5) is 0 Å². The third-order valence-electron chi connectivity index (χ3n) is 5.46. The molecule has 5 rings (SSSR count). The largest absolute Gasteiger partial charge is 0.327 e. The summed E-state index contributed by atoms with van der Waals surface area (Å²) in [5.74, 6) is 0. The van der Waals surface area contributed by atoms with Gasteiger partial charge in [0.05, 0.1) is 35.2 Å². The summed E-state index contributed by atoms with van der Waals surface area (Å²) in [4.78, 5) is 20.3. The third kappa shape index (κ3) is 3.04. The first kappa shape index (κ1) is 18.1. The maximum atomic E-state index is 12.7. The van der Waals surface area contributed by atoms with Gasteiger partial charge in [-0.05, 0) is 37.1 Å². The number of sulfonamides is 1. The average Bonchev–Trinajstić information content (AvgIpc) is 3.27. The van der Waals surface area contributed by atoms with Gasteiger partial charge >= 0.3 is 5.69 Å². The van der Waals surface area contributed by atoms with Crippen molar-refractivity contribution in [2.24, 2.45) is 0 Å². The highest BCUT2D eigenvalue weighted by Gasteiger charge is 2.29. The van der Waals surface area contributed by atoms with Crippen LogP contribution in [0.5, 0.6) is 0 Å². The van der Waals surface area contributed by atoms with Crippen LogP contribution in [0.3, 0.4) is 0 Å². The van der Waals surface area contributed by atoms with E-state index in [0.717, 1.165) is 17.5 Å². The molecule has 4 aromatic rings. The lowest BCUT2D eigenvalue weighted by Crippen LogP contribution is -2.42. The van der Waals surface area contributed by atoms with Crippen molar-refractivity contribution in [1.29, 1.82) is 0 Å². The van der Waals surface area contributed by atoms with E-state index in [9.17, 15) is 13.2 Å². The molecule has 9 nitrogen and oxygen atoms in total. The minimum absolute atomic E-state index is 0.258. The summed E-state index contributed by atoms with van der Waals surface area (Å²) in [5.41, 5.74) is 3.39. The van der Waals surface area contributed by atoms with Crippen LogP contribution in [-0.2, 0) is 10.0 Å². The number of rotatable bonds is 3. The molecule has 0 bridgehead atoms. The molecule has 29 heavy (non-hydrogen) atoms. The summed E-state index contributed by atoms with van der Waals surface area (Å²) in [6.45, 7) is 0.752. The molecule has 0 amide bonds. The number of H-pyrrole nitrogens is 1. The average molecular weight is 412 g/mol. The SMILES string of the molecule is CS(=O)(=O)N1CCC[C@H](n2c(=O)[nH]c3ccc(-c4cnn5ccccc45)nc32)C1. The molecule has 10 heteroatoms. The second-order valence-corrected chi connectivity index (χ2v) is 9.36. The molecule has 0 saturated carbocycles. The molecule has 1 saturated heterocycles. The van der Waals surface area contributed by atoms with E-state index in [1.54, 1.807) is 15.3 Å². The lowest BCUT2D eigenvalue weighted by atomic mass is 10.1. The fraction of sp³-hybridized carbons (Fsp3) is 0.316. The first-order valence-corrected chi connectivity index (χ1v) is 11.3. The van der Waals surface area contributed by atoms with Crippen LogP contribution in [-0.4, -0.2) is 56.2 Å². The molecule has 1 atom stereocenters. The second-order valence-electron chi connectivity index (χ2n) is 7.37. The molecule has 0 unspecified atom stereocenters. The van der Waals surface area contributed by atoms with Crippen LogP contribution in [0.25, 0.3) is 27.9 Å². The Kier molecular flexibility index (Phi) is 4.07. The topological polar surface area (TPSA) is 105 Å². The highest BCUT2D eigenvalue weighted by Crippen LogP contribution is 2.27. The minimum Gasteiger partial charge on any atom is -0.304 e. The molecule has 150 valence electrons. The zero-order chi connectivity index (χ0) is 20.2. The number of aromatic amines is 1. The Labute approximate surface area is 166 Å². The fourth-order valence-electron chi connectivity index (χ4n) is 4.05. The standard InChI is InChI=1S/C19H20N6O3S/c1-29(27,28)23-9-4-5-13(12-23)25-18-16(22-19(25)26)8-7-15(21-18)14-11-20-24-10-3-2-6-17(14)24/h2-3,6-8,10-11,13H,4-5,9,12H2,1H3,(H,22,26)/t13-/m0/s1. The summed E-state index contributed by atoms with van der Waals surface area (Å²) in [7, 11) is -3.31. The molecule has 0 aromatic carbocycles. The van der Waals surface area contributed by atoms with Gasteiger partial charge in [0.15, 0.2) is 5.65 Å². The first-order chi connectivity index (χ1) is 13.9. The van der Waals surface area contributed by atoms with E-state index in [4.69, 9.17) is 4.98 Å². The molecule has 0 spiro atoms. The maximum absolute atomic E-state index is 12.7. The van der Waals surface area contributed by atoms with Crippen LogP contribution in [0, 0.1) is 0 Å². The van der Waals surface area contributed by atoms with Gasteiger partial charge in [0, 0.05) is 24.8 Å². The number of pyridine rings is 2. The molecule has 0 radical (unpaired) electrons. The lowest BCUT2D eigenvalue weighted by Gasteiger charge is -2.31. The normalized spacial score (nSPS) is 18.6. The molecule has 4 aromatic heterocycles. The van der Waals surface area contributed by atoms with Gasteiger partial charge in [0.2, 0.25) is 10.0 Å². The number of aromatic nitrogens is 5. The Balaban J connectivity index is 1.63. The molecule has 1 N–H and O–H groups in total. The van der Waals surface area contributed by atoms with Crippen molar-refractivity contribution >= 4 is 26.7 Å². The Morgan fingerprint density at radius 2 is 2.07 bits per heavy atom. The zero-order valence-electron chi connectivity index (χ0n) is 15.8. The summed E-state index contributed by atoms with van der Waals surface area (Å²) in [6, 6.07) is 9.23. The monoisotopic (exact) mass is 412 g/mol. The molecule has 1 aliphatic rings. The van der Waals surface area contributed by atoms with Crippen LogP contribution in [0.1, 0.15) is 18.9 Å². The second kappa shape index (κ2) is 6.53. The Bertz CT molecular complexity index is 1380. The van der Waals surface area contributed by atoms with E-state index in [-0.39, 0.29) is 18.3 Å². The molecular formula is C19H20N6O3S. The maximum Gasteiger partial charge on any atom is 0.327 e. The van der Waals surface area contributed by atoms with Gasteiger partial charge in [0.25, 0.3) is 0 Å². The van der Waals surface area contributed by atoms with E-state index >= 15 is 0 Å². The van der Waals surface area contributed by atoms with E-state index in [1.807, 2.05) is 36.5 Å². The van der Waals surface area contributed by atoms with Crippen molar-refractivity contribution in [2.75, 3.05) is 19.3 Å². The third-order valence-corrected chi connectivity index (χ3v) is 6.73. The van der Waals surface area contributed by atoms with Crippen LogP contribution < -0.4 is 5.69 Å². The molecule has 5 heterocycles. The lowest BCUT2D eigenvalue weighted by molar-refractivity contribution is 0.268. The number of imidazole rings is 1. The van der Waals surface area contributed by atoms with Crippen molar-refractivity contribution in [3.05, 3.63) is 53.2 Å². The van der Waals surface area contributed by atoms with Crippen molar-refractivity contribution in [3.63, 3.8) is 0 Å². The van der Waals surface area contributed by atoms with Crippen molar-refractivity contribution in [3.8, 4) is 11.3 Å². The quantitative estimate of drug-likeness (QED) is 0.551. The number of hydrogen-bond acceptors (Lipinski definition) is 5. The van der Waals surface area contributed by atoms with Crippen LogP contribution in [0.2, 0.25) is 0 Å². The van der Waals surface area contributed by atoms with Gasteiger partial charge in [-0.15, -0.1) is 0 Å². The van der Waals surface area contributed by atoms with Gasteiger partial charge in [-0.25, -0.2) is 27.0 Å². The number of nitrogens with zero attached hydrogens (tertiary/aromatic N) is 5. The zero-order valence-corrected chi connectivity index (χ0v) is 16.6. The summed E-state index contributed by atoms with van der Waals surface area (Å²) < 4.78 is 28.8. The van der Waals surface area contributed by atoms with Gasteiger partial charge in [-0.1, -0.05) is 6.07 Å². The van der Waals surface area contributed by atoms with E-state index in [1.165, 1.54) is 10.6 Å². The summed E-state index contributed by atoms with van der Waals surface area (Å²) in [5, 5.41) is 4.36. The minimum atomic E-state index is -3.31. The van der Waals surface area contributed by atoms with E-state index < -0.39 is 10.0 Å². The highest BCUT2D eigenvalue weighted by molar-refractivity contribution is 7.88. The first-order valence-electron chi connectivity index (χ1n) is 9.41. The van der Waals surface area contributed by atoms with E-state index in [2.05, 4.69) is 10.1 Å². The molecule has 1 aliphatic heterocycles. The van der Waals surface area contributed by atoms with E-state index in [0.29, 0.717) is 29.8 Å². The molecule has 0 aliphatic carbocycles. The molecular weight excluding hydrogens is 392 g/mol. The number of nitrogens with one attached hydrogen (secondary N) is 1. The predicted molar refractivity (Wildman–Crippen MR) is 109 cm³/mol. The smallest absolute Gasteiger partial charge is 0.304 e. The number of hydrogen-bond donors (Lipinski definition) is 1. The van der Waals surface area contributed by atoms with Gasteiger partial charge in [-0.3, -0.25) is 4.57 Å². The highest BCUT2D eigenvalue weighted by atomic mass is 32.2. The fourth-order valence-corrected chi connectivity index (χ4v) is 4.96. The van der Waals surface area contributed by atoms with Crippen molar-refractivity contribution in [2.45, 2.75) is 18.9 Å². The predicted octanol–water partition coefficient (Wildman–Crippen LogP) is 1.64. The Hall–Kier alpha value is -2.98. The summed E-state index contributed by atoms with van der Waals surface area (Å²) >= 11 is 0. The van der Waals surface area contributed by atoms with Crippen molar-refractivity contribution < 1.29 is 8.42 Å².